The maximum atomic E-state index is 11.8. The molecule has 1 rings (SSSR count). The van der Waals surface area contributed by atoms with Gasteiger partial charge in [0.05, 0.1) is 28.2 Å². The molecular formula is C11H11N3O8. The number of ether oxygens (including phenoxy) is 2. The van der Waals surface area contributed by atoms with Crippen LogP contribution in [0.1, 0.15) is 17.3 Å². The van der Waals surface area contributed by atoms with E-state index in [0.717, 1.165) is 6.07 Å². The lowest BCUT2D eigenvalue weighted by molar-refractivity contribution is -0.394. The minimum Gasteiger partial charge on any atom is -0.463 e. The van der Waals surface area contributed by atoms with Gasteiger partial charge in [0.2, 0.25) is 0 Å². The molecule has 0 fully saturated rings. The van der Waals surface area contributed by atoms with Gasteiger partial charge >= 0.3 is 11.9 Å². The topological polar surface area (TPSA) is 165 Å². The molecule has 0 unspecified atom stereocenters. The zero-order valence-corrected chi connectivity index (χ0v) is 11.3. The number of esters is 2. The van der Waals surface area contributed by atoms with E-state index in [1.165, 1.54) is 0 Å². The number of nitrogens with zero attached hydrogens (tertiary/aromatic N) is 2. The van der Waals surface area contributed by atoms with Gasteiger partial charge in [-0.2, -0.15) is 0 Å². The summed E-state index contributed by atoms with van der Waals surface area (Å²) in [5, 5.41) is 21.6. The lowest BCUT2D eigenvalue weighted by Gasteiger charge is -2.07. The van der Waals surface area contributed by atoms with E-state index in [1.807, 2.05) is 0 Å². The molecule has 1 aromatic rings. The average molecular weight is 313 g/mol. The maximum Gasteiger partial charge on any atom is 0.347 e. The minimum absolute atomic E-state index is 0.0657. The summed E-state index contributed by atoms with van der Waals surface area (Å²) in [5.41, 5.74) is 2.73. The Bertz CT molecular complexity index is 642. The second kappa shape index (κ2) is 6.97. The Kier molecular flexibility index (Phi) is 5.32. The number of benzene rings is 1. The van der Waals surface area contributed by atoms with Gasteiger partial charge in [-0.05, 0) is 6.92 Å². The van der Waals surface area contributed by atoms with Crippen LogP contribution < -0.4 is 5.73 Å². The molecule has 0 aliphatic carbocycles. The van der Waals surface area contributed by atoms with Gasteiger partial charge in [-0.25, -0.2) is 9.59 Å². The predicted octanol–water partition coefficient (Wildman–Crippen LogP) is 0.805. The Hall–Kier alpha value is -3.24. The lowest BCUT2D eigenvalue weighted by Crippen LogP contribution is -2.18. The predicted molar refractivity (Wildman–Crippen MR) is 71.1 cm³/mol. The Morgan fingerprint density at radius 2 is 1.82 bits per heavy atom. The minimum atomic E-state index is -1.26. The average Bonchev–Trinajstić information content (AvgIpc) is 2.43. The van der Waals surface area contributed by atoms with Crippen molar-refractivity contribution in [3.63, 3.8) is 0 Å². The smallest absolute Gasteiger partial charge is 0.347 e. The quantitative estimate of drug-likeness (QED) is 0.346. The van der Waals surface area contributed by atoms with E-state index in [9.17, 15) is 29.8 Å². The largest absolute Gasteiger partial charge is 0.463 e. The van der Waals surface area contributed by atoms with Crippen molar-refractivity contribution in [2.24, 2.45) is 0 Å². The van der Waals surface area contributed by atoms with Crippen LogP contribution in [0.4, 0.5) is 17.1 Å². The van der Waals surface area contributed by atoms with Crippen LogP contribution >= 0.6 is 0 Å². The summed E-state index contributed by atoms with van der Waals surface area (Å²) < 4.78 is 9.06. The van der Waals surface area contributed by atoms with Crippen molar-refractivity contribution in [3.05, 3.63) is 37.9 Å². The van der Waals surface area contributed by atoms with Crippen molar-refractivity contribution in [2.75, 3.05) is 18.9 Å². The number of anilines is 1. The standard InChI is InChI=1S/C11H11N3O8/c1-2-21-9(15)5-22-11(16)10-7(12)3-6(13(17)18)4-8(10)14(19)20/h3-4H,2,5,12H2,1H3. The summed E-state index contributed by atoms with van der Waals surface area (Å²) in [6.07, 6.45) is 0. The number of nitrogens with two attached hydrogens (primary N) is 1. The highest BCUT2D eigenvalue weighted by molar-refractivity contribution is 6.00. The van der Waals surface area contributed by atoms with E-state index in [2.05, 4.69) is 9.47 Å². The fourth-order valence-electron chi connectivity index (χ4n) is 1.50. The van der Waals surface area contributed by atoms with Crippen LogP contribution in [0.15, 0.2) is 12.1 Å². The number of non-ortho nitro benzene ring substituents is 1. The summed E-state index contributed by atoms with van der Waals surface area (Å²) in [6, 6.07) is 1.37. The van der Waals surface area contributed by atoms with Crippen LogP contribution in [0.25, 0.3) is 0 Å². The van der Waals surface area contributed by atoms with Gasteiger partial charge in [0.15, 0.2) is 12.2 Å². The normalized spacial score (nSPS) is 9.86. The Morgan fingerprint density at radius 3 is 2.32 bits per heavy atom. The van der Waals surface area contributed by atoms with Gasteiger partial charge in [-0.1, -0.05) is 0 Å². The number of nitro benzene ring substituents is 2. The zero-order valence-electron chi connectivity index (χ0n) is 11.3. The van der Waals surface area contributed by atoms with Gasteiger partial charge < -0.3 is 15.2 Å². The van der Waals surface area contributed by atoms with Gasteiger partial charge in [0, 0.05) is 6.07 Å². The van der Waals surface area contributed by atoms with Gasteiger partial charge in [-0.15, -0.1) is 0 Å². The molecule has 0 aliphatic heterocycles. The summed E-state index contributed by atoms with van der Waals surface area (Å²) in [4.78, 5) is 42.5. The Labute approximate surface area is 122 Å². The van der Waals surface area contributed by atoms with Crippen molar-refractivity contribution in [3.8, 4) is 0 Å². The van der Waals surface area contributed by atoms with E-state index in [0.29, 0.717) is 6.07 Å². The van der Waals surface area contributed by atoms with Crippen LogP contribution in [0.2, 0.25) is 0 Å². The molecule has 11 heteroatoms. The number of carbonyl (C=O) groups excluding carboxylic acids is 2. The van der Waals surface area contributed by atoms with Crippen LogP contribution in [0.3, 0.4) is 0 Å². The molecule has 11 nitrogen and oxygen atoms in total. The molecule has 0 spiro atoms. The molecule has 0 heterocycles. The monoisotopic (exact) mass is 313 g/mol. The van der Waals surface area contributed by atoms with Crippen molar-refractivity contribution >= 4 is 29.0 Å². The molecule has 0 aromatic heterocycles. The number of rotatable bonds is 6. The van der Waals surface area contributed by atoms with E-state index < -0.39 is 51.0 Å². The summed E-state index contributed by atoms with van der Waals surface area (Å²) in [6.45, 7) is 0.843. The van der Waals surface area contributed by atoms with Gasteiger partial charge in [0.1, 0.15) is 0 Å². The highest BCUT2D eigenvalue weighted by Gasteiger charge is 2.29. The molecule has 0 bridgehead atoms. The van der Waals surface area contributed by atoms with Crippen molar-refractivity contribution < 1.29 is 28.9 Å². The summed E-state index contributed by atoms with van der Waals surface area (Å²) in [7, 11) is 0. The SMILES string of the molecule is CCOC(=O)COC(=O)c1c(N)cc([N+](=O)[O-])cc1[N+](=O)[O-]. The summed E-state index contributed by atoms with van der Waals surface area (Å²) >= 11 is 0. The Balaban J connectivity index is 3.12. The van der Waals surface area contributed by atoms with Crippen LogP contribution in [0, 0.1) is 20.2 Å². The van der Waals surface area contributed by atoms with Crippen LogP contribution in [-0.4, -0.2) is 35.0 Å². The van der Waals surface area contributed by atoms with E-state index in [4.69, 9.17) is 5.73 Å². The zero-order chi connectivity index (χ0) is 16.9. The van der Waals surface area contributed by atoms with Gasteiger partial charge in [-0.3, -0.25) is 20.2 Å². The third kappa shape index (κ3) is 3.88. The molecule has 0 aliphatic rings. The Morgan fingerprint density at radius 1 is 1.18 bits per heavy atom. The first-order valence-electron chi connectivity index (χ1n) is 5.83. The molecule has 0 saturated heterocycles. The lowest BCUT2D eigenvalue weighted by atomic mass is 10.1. The molecule has 118 valence electrons. The molecule has 0 saturated carbocycles. The molecular weight excluding hydrogens is 302 g/mol. The fraction of sp³-hybridized carbons (Fsp3) is 0.273. The fourth-order valence-corrected chi connectivity index (χ4v) is 1.50. The first kappa shape index (κ1) is 16.8. The van der Waals surface area contributed by atoms with Gasteiger partial charge in [0.25, 0.3) is 11.4 Å². The molecule has 2 N–H and O–H groups in total. The number of hydrogen-bond donors (Lipinski definition) is 1. The molecule has 0 amide bonds. The first-order valence-corrected chi connectivity index (χ1v) is 5.83. The third-order valence-electron chi connectivity index (χ3n) is 2.37. The number of nitrogen functional groups attached to an aromatic ring is 1. The van der Waals surface area contributed by atoms with E-state index >= 15 is 0 Å². The van der Waals surface area contributed by atoms with Crippen LogP contribution in [0.5, 0.6) is 0 Å². The summed E-state index contributed by atoms with van der Waals surface area (Å²) in [5.74, 6) is -2.11. The number of hydrogen-bond acceptors (Lipinski definition) is 9. The number of nitro groups is 2. The number of carbonyl (C=O) groups is 2. The van der Waals surface area contributed by atoms with E-state index in [1.54, 1.807) is 6.92 Å². The van der Waals surface area contributed by atoms with Crippen molar-refractivity contribution in [1.29, 1.82) is 0 Å². The van der Waals surface area contributed by atoms with Crippen molar-refractivity contribution in [1.82, 2.24) is 0 Å². The molecule has 1 aromatic carbocycles. The molecule has 0 atom stereocenters. The first-order chi connectivity index (χ1) is 10.3. The molecule has 22 heavy (non-hydrogen) atoms. The van der Waals surface area contributed by atoms with E-state index in [-0.39, 0.29) is 6.61 Å². The van der Waals surface area contributed by atoms with Crippen molar-refractivity contribution in [2.45, 2.75) is 6.92 Å². The second-order valence-electron chi connectivity index (χ2n) is 3.82. The highest BCUT2D eigenvalue weighted by atomic mass is 16.6. The second-order valence-corrected chi connectivity index (χ2v) is 3.82. The third-order valence-corrected chi connectivity index (χ3v) is 2.37. The molecule has 0 radical (unpaired) electrons. The maximum absolute atomic E-state index is 11.8. The van der Waals surface area contributed by atoms with Crippen LogP contribution in [-0.2, 0) is 14.3 Å². The highest BCUT2D eigenvalue weighted by Crippen LogP contribution is 2.30.